The number of nitrogens with two attached hydrogens (primary N) is 1. The third kappa shape index (κ3) is 4.28. The van der Waals surface area contributed by atoms with Gasteiger partial charge in [-0.1, -0.05) is 12.1 Å². The SMILES string of the molecule is CC(C)OC(=O)N(Cc1ccc(N)cc1)C(C)C. The maximum atomic E-state index is 11.9. The first-order chi connectivity index (χ1) is 8.40. The molecular formula is C14H22N2O2. The Bertz CT molecular complexity index is 385. The maximum Gasteiger partial charge on any atom is 0.410 e. The molecule has 1 aromatic rings. The van der Waals surface area contributed by atoms with Crippen molar-refractivity contribution >= 4 is 11.8 Å². The van der Waals surface area contributed by atoms with Crippen LogP contribution in [0.2, 0.25) is 0 Å². The Morgan fingerprint density at radius 1 is 1.22 bits per heavy atom. The second-order valence-corrected chi connectivity index (χ2v) is 4.90. The summed E-state index contributed by atoms with van der Waals surface area (Å²) in [5, 5.41) is 0. The van der Waals surface area contributed by atoms with E-state index < -0.39 is 0 Å². The van der Waals surface area contributed by atoms with E-state index in [1.807, 2.05) is 52.0 Å². The minimum atomic E-state index is -0.281. The van der Waals surface area contributed by atoms with Crippen molar-refractivity contribution in [2.75, 3.05) is 5.73 Å². The lowest BCUT2D eigenvalue weighted by molar-refractivity contribution is 0.0652. The molecule has 0 aliphatic carbocycles. The molecule has 0 aromatic heterocycles. The number of ether oxygens (including phenoxy) is 1. The zero-order valence-electron chi connectivity index (χ0n) is 11.5. The van der Waals surface area contributed by atoms with Crippen molar-refractivity contribution in [2.45, 2.75) is 46.4 Å². The number of carbonyl (C=O) groups excluding carboxylic acids is 1. The number of hydrogen-bond acceptors (Lipinski definition) is 3. The summed E-state index contributed by atoms with van der Waals surface area (Å²) < 4.78 is 5.23. The van der Waals surface area contributed by atoms with Gasteiger partial charge in [-0.05, 0) is 45.4 Å². The summed E-state index contributed by atoms with van der Waals surface area (Å²) in [6, 6.07) is 7.61. The summed E-state index contributed by atoms with van der Waals surface area (Å²) in [4.78, 5) is 13.6. The Labute approximate surface area is 109 Å². The van der Waals surface area contributed by atoms with Crippen LogP contribution >= 0.6 is 0 Å². The molecular weight excluding hydrogens is 228 g/mol. The molecule has 0 aliphatic heterocycles. The third-order valence-corrected chi connectivity index (χ3v) is 2.53. The minimum absolute atomic E-state index is 0.0915. The van der Waals surface area contributed by atoms with Crippen LogP contribution in [0.15, 0.2) is 24.3 Å². The lowest BCUT2D eigenvalue weighted by Crippen LogP contribution is -2.37. The van der Waals surface area contributed by atoms with E-state index in [-0.39, 0.29) is 18.2 Å². The van der Waals surface area contributed by atoms with Gasteiger partial charge in [0.15, 0.2) is 0 Å². The molecule has 1 rings (SSSR count). The largest absolute Gasteiger partial charge is 0.447 e. The summed E-state index contributed by atoms with van der Waals surface area (Å²) in [5.41, 5.74) is 7.40. The fraction of sp³-hybridized carbons (Fsp3) is 0.500. The Kier molecular flexibility index (Phi) is 5.01. The zero-order chi connectivity index (χ0) is 13.7. The summed E-state index contributed by atoms with van der Waals surface area (Å²) in [5.74, 6) is 0. The highest BCUT2D eigenvalue weighted by molar-refractivity contribution is 5.68. The van der Waals surface area contributed by atoms with Crippen LogP contribution in [-0.4, -0.2) is 23.1 Å². The molecule has 18 heavy (non-hydrogen) atoms. The van der Waals surface area contributed by atoms with Gasteiger partial charge in [0.05, 0.1) is 6.10 Å². The molecule has 1 amide bonds. The zero-order valence-corrected chi connectivity index (χ0v) is 11.5. The molecule has 100 valence electrons. The predicted molar refractivity (Wildman–Crippen MR) is 73.2 cm³/mol. The van der Waals surface area contributed by atoms with Gasteiger partial charge in [-0.15, -0.1) is 0 Å². The molecule has 0 aliphatic rings. The summed E-state index contributed by atoms with van der Waals surface area (Å²) >= 11 is 0. The second-order valence-electron chi connectivity index (χ2n) is 4.90. The minimum Gasteiger partial charge on any atom is -0.447 e. The van der Waals surface area contributed by atoms with Crippen molar-refractivity contribution in [3.05, 3.63) is 29.8 Å². The molecule has 4 heteroatoms. The summed E-state index contributed by atoms with van der Waals surface area (Å²) in [7, 11) is 0. The van der Waals surface area contributed by atoms with Gasteiger partial charge in [-0.25, -0.2) is 4.79 Å². The van der Waals surface area contributed by atoms with E-state index >= 15 is 0 Å². The molecule has 0 fully saturated rings. The highest BCUT2D eigenvalue weighted by atomic mass is 16.6. The Balaban J connectivity index is 2.74. The van der Waals surface area contributed by atoms with Gasteiger partial charge >= 0.3 is 6.09 Å². The first kappa shape index (κ1) is 14.4. The smallest absolute Gasteiger partial charge is 0.410 e. The van der Waals surface area contributed by atoms with Gasteiger partial charge in [0.25, 0.3) is 0 Å². The standard InChI is InChI=1S/C14H22N2O2/c1-10(2)16(14(17)18-11(3)4)9-12-5-7-13(15)8-6-12/h5-8,10-11H,9,15H2,1-4H3. The van der Waals surface area contributed by atoms with E-state index in [9.17, 15) is 4.79 Å². The van der Waals surface area contributed by atoms with Crippen LogP contribution in [0.5, 0.6) is 0 Å². The van der Waals surface area contributed by atoms with Crippen molar-refractivity contribution in [3.63, 3.8) is 0 Å². The molecule has 2 N–H and O–H groups in total. The van der Waals surface area contributed by atoms with E-state index in [0.29, 0.717) is 6.54 Å². The quantitative estimate of drug-likeness (QED) is 0.836. The monoisotopic (exact) mass is 250 g/mol. The van der Waals surface area contributed by atoms with Gasteiger partial charge in [-0.2, -0.15) is 0 Å². The second kappa shape index (κ2) is 6.28. The Hall–Kier alpha value is -1.71. The molecule has 0 unspecified atom stereocenters. The van der Waals surface area contributed by atoms with Gasteiger partial charge in [0.2, 0.25) is 0 Å². The van der Waals surface area contributed by atoms with Crippen molar-refractivity contribution in [1.29, 1.82) is 0 Å². The van der Waals surface area contributed by atoms with Crippen LogP contribution in [0, 0.1) is 0 Å². The van der Waals surface area contributed by atoms with Crippen LogP contribution < -0.4 is 5.73 Å². The number of carbonyl (C=O) groups is 1. The van der Waals surface area contributed by atoms with E-state index in [4.69, 9.17) is 10.5 Å². The van der Waals surface area contributed by atoms with E-state index in [1.54, 1.807) is 4.90 Å². The highest BCUT2D eigenvalue weighted by Gasteiger charge is 2.19. The number of nitrogens with zero attached hydrogens (tertiary/aromatic N) is 1. The van der Waals surface area contributed by atoms with Gasteiger partial charge in [-0.3, -0.25) is 0 Å². The average Bonchev–Trinajstić information content (AvgIpc) is 2.26. The Morgan fingerprint density at radius 2 is 1.78 bits per heavy atom. The van der Waals surface area contributed by atoms with Crippen LogP contribution in [0.1, 0.15) is 33.3 Å². The van der Waals surface area contributed by atoms with E-state index in [0.717, 1.165) is 11.3 Å². The number of benzene rings is 1. The van der Waals surface area contributed by atoms with Crippen LogP contribution in [-0.2, 0) is 11.3 Å². The molecule has 0 radical (unpaired) electrons. The van der Waals surface area contributed by atoms with Crippen molar-refractivity contribution in [1.82, 2.24) is 4.90 Å². The molecule has 0 atom stereocenters. The van der Waals surface area contributed by atoms with E-state index in [1.165, 1.54) is 0 Å². The van der Waals surface area contributed by atoms with E-state index in [2.05, 4.69) is 0 Å². The molecule has 0 saturated heterocycles. The molecule has 4 nitrogen and oxygen atoms in total. The number of amides is 1. The molecule has 0 bridgehead atoms. The lowest BCUT2D eigenvalue weighted by Gasteiger charge is -2.27. The summed E-state index contributed by atoms with van der Waals surface area (Å²) in [6.45, 7) is 8.17. The predicted octanol–water partition coefficient (Wildman–Crippen LogP) is 3.02. The number of anilines is 1. The van der Waals surface area contributed by atoms with Gasteiger partial charge < -0.3 is 15.4 Å². The number of hydrogen-bond donors (Lipinski definition) is 1. The van der Waals surface area contributed by atoms with Gasteiger partial charge in [0.1, 0.15) is 0 Å². The lowest BCUT2D eigenvalue weighted by atomic mass is 10.2. The van der Waals surface area contributed by atoms with Crippen LogP contribution in [0.3, 0.4) is 0 Å². The molecule has 0 spiro atoms. The first-order valence-electron chi connectivity index (χ1n) is 6.21. The topological polar surface area (TPSA) is 55.6 Å². The van der Waals surface area contributed by atoms with Crippen molar-refractivity contribution in [3.8, 4) is 0 Å². The summed E-state index contributed by atoms with van der Waals surface area (Å²) in [6.07, 6.45) is -0.387. The number of rotatable bonds is 4. The van der Waals surface area contributed by atoms with Crippen molar-refractivity contribution in [2.24, 2.45) is 0 Å². The Morgan fingerprint density at radius 3 is 2.22 bits per heavy atom. The normalized spacial score (nSPS) is 10.8. The number of nitrogen functional groups attached to an aromatic ring is 1. The molecule has 0 heterocycles. The molecule has 1 aromatic carbocycles. The third-order valence-electron chi connectivity index (χ3n) is 2.53. The van der Waals surface area contributed by atoms with Crippen LogP contribution in [0.4, 0.5) is 10.5 Å². The highest BCUT2D eigenvalue weighted by Crippen LogP contribution is 2.12. The van der Waals surface area contributed by atoms with Crippen LogP contribution in [0.25, 0.3) is 0 Å². The first-order valence-corrected chi connectivity index (χ1v) is 6.21. The fourth-order valence-electron chi connectivity index (χ4n) is 1.55. The average molecular weight is 250 g/mol. The van der Waals surface area contributed by atoms with Gasteiger partial charge in [0, 0.05) is 18.3 Å². The maximum absolute atomic E-state index is 11.9. The van der Waals surface area contributed by atoms with Crippen molar-refractivity contribution < 1.29 is 9.53 Å². The molecule has 0 saturated carbocycles. The fourth-order valence-corrected chi connectivity index (χ4v) is 1.55.